The maximum atomic E-state index is 14.2. The van der Waals surface area contributed by atoms with Crippen molar-refractivity contribution >= 4 is 11.8 Å². The number of piperazine rings is 1. The van der Waals surface area contributed by atoms with Crippen LogP contribution in [-0.2, 0) is 4.74 Å². The van der Waals surface area contributed by atoms with Crippen molar-refractivity contribution in [1.29, 1.82) is 0 Å². The van der Waals surface area contributed by atoms with Gasteiger partial charge in [-0.25, -0.2) is 13.6 Å². The Kier molecular flexibility index (Phi) is 5.32. The van der Waals surface area contributed by atoms with Gasteiger partial charge >= 0.3 is 6.09 Å². The SMILES string of the molecule is CN(C)c1c(C2CN(C(=O)OC(C)(C)C)CCN2)ccc(F)c1F. The molecule has 1 saturated heterocycles. The third-order valence-electron chi connectivity index (χ3n) is 3.75. The van der Waals surface area contributed by atoms with Crippen molar-refractivity contribution in [1.82, 2.24) is 10.2 Å². The highest BCUT2D eigenvalue weighted by atomic mass is 19.2. The number of hydrogen-bond acceptors (Lipinski definition) is 4. The van der Waals surface area contributed by atoms with Crippen LogP contribution in [-0.4, -0.2) is 50.3 Å². The summed E-state index contributed by atoms with van der Waals surface area (Å²) in [5, 5.41) is 3.26. The summed E-state index contributed by atoms with van der Waals surface area (Å²) < 4.78 is 33.2. The Morgan fingerprint density at radius 1 is 1.33 bits per heavy atom. The fourth-order valence-electron chi connectivity index (χ4n) is 2.74. The van der Waals surface area contributed by atoms with E-state index >= 15 is 0 Å². The van der Waals surface area contributed by atoms with Gasteiger partial charge in [0.1, 0.15) is 5.60 Å². The summed E-state index contributed by atoms with van der Waals surface area (Å²) in [5.41, 5.74) is 0.236. The van der Waals surface area contributed by atoms with Crippen molar-refractivity contribution in [3.63, 3.8) is 0 Å². The molecule has 2 rings (SSSR count). The number of amides is 1. The molecule has 1 aromatic carbocycles. The highest BCUT2D eigenvalue weighted by Gasteiger charge is 2.30. The van der Waals surface area contributed by atoms with Crippen LogP contribution in [0.25, 0.3) is 0 Å². The molecule has 1 heterocycles. The number of nitrogens with zero attached hydrogens (tertiary/aromatic N) is 2. The second kappa shape index (κ2) is 6.93. The monoisotopic (exact) mass is 341 g/mol. The third-order valence-corrected chi connectivity index (χ3v) is 3.75. The summed E-state index contributed by atoms with van der Waals surface area (Å²) in [6, 6.07) is 2.38. The average Bonchev–Trinajstić information content (AvgIpc) is 2.48. The molecule has 24 heavy (non-hydrogen) atoms. The van der Waals surface area contributed by atoms with Crippen LogP contribution in [0.3, 0.4) is 0 Å². The Hall–Kier alpha value is -1.89. The Morgan fingerprint density at radius 2 is 2.00 bits per heavy atom. The van der Waals surface area contributed by atoms with Crippen molar-refractivity contribution in [2.24, 2.45) is 0 Å². The van der Waals surface area contributed by atoms with Gasteiger partial charge in [-0.1, -0.05) is 6.07 Å². The van der Waals surface area contributed by atoms with E-state index in [0.29, 0.717) is 25.2 Å². The van der Waals surface area contributed by atoms with E-state index in [4.69, 9.17) is 4.74 Å². The number of ether oxygens (including phenoxy) is 1. The molecule has 0 radical (unpaired) electrons. The standard InChI is InChI=1S/C17H25F2N3O2/c1-17(2,3)24-16(23)22-9-8-20-13(10-22)11-6-7-12(18)14(19)15(11)21(4)5/h6-7,13,20H,8-10H2,1-5H3. The van der Waals surface area contributed by atoms with Crippen LogP contribution in [0.5, 0.6) is 0 Å². The number of nitrogens with one attached hydrogen (secondary N) is 1. The van der Waals surface area contributed by atoms with Crippen LogP contribution in [0.15, 0.2) is 12.1 Å². The smallest absolute Gasteiger partial charge is 0.410 e. The molecule has 1 aromatic rings. The Balaban J connectivity index is 2.24. The van der Waals surface area contributed by atoms with E-state index in [1.807, 2.05) is 20.8 Å². The molecule has 1 atom stereocenters. The van der Waals surface area contributed by atoms with Crippen molar-refractivity contribution in [2.75, 3.05) is 38.6 Å². The molecule has 7 heteroatoms. The minimum atomic E-state index is -0.887. The van der Waals surface area contributed by atoms with Crippen LogP contribution in [0.4, 0.5) is 19.3 Å². The zero-order valence-electron chi connectivity index (χ0n) is 14.8. The lowest BCUT2D eigenvalue weighted by Gasteiger charge is -2.36. The van der Waals surface area contributed by atoms with E-state index in [2.05, 4.69) is 5.32 Å². The Morgan fingerprint density at radius 3 is 2.58 bits per heavy atom. The number of anilines is 1. The second-order valence-electron chi connectivity index (χ2n) is 7.13. The minimum absolute atomic E-state index is 0.193. The molecule has 1 N–H and O–H groups in total. The summed E-state index contributed by atoms with van der Waals surface area (Å²) in [4.78, 5) is 15.4. The maximum absolute atomic E-state index is 14.2. The highest BCUT2D eigenvalue weighted by Crippen LogP contribution is 2.31. The molecule has 1 unspecified atom stereocenters. The van der Waals surface area contributed by atoms with Crippen LogP contribution in [0.2, 0.25) is 0 Å². The molecule has 0 bridgehead atoms. The zero-order chi connectivity index (χ0) is 18.1. The molecule has 1 aliphatic rings. The first-order valence-electron chi connectivity index (χ1n) is 7.96. The summed E-state index contributed by atoms with van der Waals surface area (Å²) in [6.07, 6.45) is -0.400. The van der Waals surface area contributed by atoms with Gasteiger partial charge in [-0.2, -0.15) is 0 Å². The molecule has 134 valence electrons. The number of halogens is 2. The fourth-order valence-corrected chi connectivity index (χ4v) is 2.74. The van der Waals surface area contributed by atoms with Crippen molar-refractivity contribution in [3.8, 4) is 0 Å². The fraction of sp³-hybridized carbons (Fsp3) is 0.588. The van der Waals surface area contributed by atoms with E-state index in [0.717, 1.165) is 6.07 Å². The van der Waals surface area contributed by atoms with E-state index in [1.165, 1.54) is 0 Å². The number of rotatable bonds is 2. The normalized spacial score (nSPS) is 18.5. The van der Waals surface area contributed by atoms with Gasteiger partial charge in [-0.3, -0.25) is 0 Å². The number of hydrogen-bond donors (Lipinski definition) is 1. The highest BCUT2D eigenvalue weighted by molar-refractivity contribution is 5.68. The van der Waals surface area contributed by atoms with Gasteiger partial charge in [0.15, 0.2) is 11.6 Å². The summed E-state index contributed by atoms with van der Waals surface area (Å²) in [7, 11) is 3.33. The summed E-state index contributed by atoms with van der Waals surface area (Å²) in [6.45, 7) is 6.82. The second-order valence-corrected chi connectivity index (χ2v) is 7.13. The minimum Gasteiger partial charge on any atom is -0.444 e. The molecule has 0 saturated carbocycles. The topological polar surface area (TPSA) is 44.8 Å². The van der Waals surface area contributed by atoms with Gasteiger partial charge in [-0.05, 0) is 32.4 Å². The van der Waals surface area contributed by atoms with Gasteiger partial charge < -0.3 is 19.9 Å². The first-order valence-corrected chi connectivity index (χ1v) is 7.96. The molecule has 0 aromatic heterocycles. The van der Waals surface area contributed by atoms with E-state index in [9.17, 15) is 13.6 Å². The lowest BCUT2D eigenvalue weighted by atomic mass is 10.0. The number of benzene rings is 1. The van der Waals surface area contributed by atoms with Crippen molar-refractivity contribution in [2.45, 2.75) is 32.4 Å². The Bertz CT molecular complexity index is 615. The molecular weight excluding hydrogens is 316 g/mol. The predicted octanol–water partition coefficient (Wildman–Crippen LogP) is 2.91. The lowest BCUT2D eigenvalue weighted by molar-refractivity contribution is 0.0195. The van der Waals surface area contributed by atoms with E-state index in [1.54, 1.807) is 30.0 Å². The maximum Gasteiger partial charge on any atom is 0.410 e. The van der Waals surface area contributed by atoms with Gasteiger partial charge in [0.2, 0.25) is 0 Å². The van der Waals surface area contributed by atoms with Crippen LogP contribution >= 0.6 is 0 Å². The molecule has 1 fully saturated rings. The number of carbonyl (C=O) groups is 1. The molecule has 1 aliphatic heterocycles. The van der Waals surface area contributed by atoms with Crippen LogP contribution in [0, 0.1) is 11.6 Å². The van der Waals surface area contributed by atoms with Gasteiger partial charge in [-0.15, -0.1) is 0 Å². The molecule has 0 aliphatic carbocycles. The largest absolute Gasteiger partial charge is 0.444 e. The van der Waals surface area contributed by atoms with Gasteiger partial charge in [0.05, 0.1) is 11.7 Å². The summed E-state index contributed by atoms with van der Waals surface area (Å²) in [5.74, 6) is -1.77. The first kappa shape index (κ1) is 18.4. The first-order chi connectivity index (χ1) is 11.1. The third kappa shape index (κ3) is 4.14. The lowest BCUT2D eigenvalue weighted by Crippen LogP contribution is -2.50. The van der Waals surface area contributed by atoms with E-state index < -0.39 is 23.3 Å². The van der Waals surface area contributed by atoms with Crippen LogP contribution in [0.1, 0.15) is 32.4 Å². The molecule has 1 amide bonds. The zero-order valence-corrected chi connectivity index (χ0v) is 14.8. The average molecular weight is 341 g/mol. The van der Waals surface area contributed by atoms with Crippen molar-refractivity contribution < 1.29 is 18.3 Å². The Labute approximate surface area is 141 Å². The molecular formula is C17H25F2N3O2. The summed E-state index contributed by atoms with van der Waals surface area (Å²) >= 11 is 0. The molecule has 5 nitrogen and oxygen atoms in total. The predicted molar refractivity (Wildman–Crippen MR) is 89.2 cm³/mol. The van der Waals surface area contributed by atoms with Gasteiger partial charge in [0.25, 0.3) is 0 Å². The van der Waals surface area contributed by atoms with Crippen molar-refractivity contribution in [3.05, 3.63) is 29.3 Å². The van der Waals surface area contributed by atoms with Crippen LogP contribution < -0.4 is 10.2 Å². The number of carbonyl (C=O) groups excluding carboxylic acids is 1. The quantitative estimate of drug-likeness (QED) is 0.898. The van der Waals surface area contributed by atoms with Gasteiger partial charge in [0, 0.05) is 33.7 Å². The molecule has 0 spiro atoms. The van der Waals surface area contributed by atoms with E-state index in [-0.39, 0.29) is 11.7 Å².